The van der Waals surface area contributed by atoms with E-state index in [9.17, 15) is 0 Å². The SMILES string of the molecule is CCCCCCCCCC[Se]. The molecule has 0 aromatic carbocycles. The Balaban J connectivity index is 2.69. The normalized spacial score (nSPS) is 10.4. The molecule has 0 saturated heterocycles. The minimum atomic E-state index is 1.25. The third kappa shape index (κ3) is 10.5. The van der Waals surface area contributed by atoms with Crippen LogP contribution in [0, 0.1) is 0 Å². The molecule has 0 aliphatic rings. The van der Waals surface area contributed by atoms with Gasteiger partial charge >= 0.3 is 79.6 Å². The molecule has 0 rings (SSSR count). The van der Waals surface area contributed by atoms with E-state index in [1.165, 1.54) is 56.7 Å². The van der Waals surface area contributed by atoms with Crippen LogP contribution in [0.2, 0.25) is 5.32 Å². The van der Waals surface area contributed by atoms with Crippen molar-refractivity contribution in [3.8, 4) is 0 Å². The van der Waals surface area contributed by atoms with Gasteiger partial charge in [-0.15, -0.1) is 0 Å². The molecule has 0 nitrogen and oxygen atoms in total. The molecule has 0 spiro atoms. The Bertz CT molecular complexity index is 53.9. The van der Waals surface area contributed by atoms with Gasteiger partial charge in [-0.05, 0) is 0 Å². The summed E-state index contributed by atoms with van der Waals surface area (Å²) < 4.78 is 0. The Morgan fingerprint density at radius 1 is 0.727 bits per heavy atom. The van der Waals surface area contributed by atoms with Gasteiger partial charge in [0.05, 0.1) is 0 Å². The summed E-state index contributed by atoms with van der Waals surface area (Å²) in [6.07, 6.45) is 11.4. The van der Waals surface area contributed by atoms with Crippen molar-refractivity contribution in [1.29, 1.82) is 0 Å². The molecule has 0 bridgehead atoms. The zero-order valence-electron chi connectivity index (χ0n) is 7.77. The van der Waals surface area contributed by atoms with E-state index in [-0.39, 0.29) is 0 Å². The molecule has 0 aliphatic heterocycles. The quantitative estimate of drug-likeness (QED) is 0.432. The van der Waals surface area contributed by atoms with Crippen LogP contribution in [-0.4, -0.2) is 16.0 Å². The van der Waals surface area contributed by atoms with Crippen molar-refractivity contribution in [2.24, 2.45) is 0 Å². The zero-order valence-corrected chi connectivity index (χ0v) is 9.49. The van der Waals surface area contributed by atoms with Gasteiger partial charge in [-0.25, -0.2) is 0 Å². The van der Waals surface area contributed by atoms with Crippen molar-refractivity contribution in [1.82, 2.24) is 0 Å². The molecule has 1 radical (unpaired) electrons. The summed E-state index contributed by atoms with van der Waals surface area (Å²) in [5, 5.41) is 1.25. The van der Waals surface area contributed by atoms with Gasteiger partial charge in [0.25, 0.3) is 0 Å². The Kier molecular flexibility index (Phi) is 11.0. The van der Waals surface area contributed by atoms with Gasteiger partial charge in [0, 0.05) is 0 Å². The zero-order chi connectivity index (χ0) is 8.36. The first-order valence-corrected chi connectivity index (χ1v) is 6.21. The van der Waals surface area contributed by atoms with Crippen LogP contribution in [0.3, 0.4) is 0 Å². The number of rotatable bonds is 8. The molecular formula is C10H21Se. The Labute approximate surface area is 80.0 Å². The molecular weight excluding hydrogens is 199 g/mol. The molecule has 67 valence electrons. The van der Waals surface area contributed by atoms with E-state index in [1.54, 1.807) is 0 Å². The van der Waals surface area contributed by atoms with Crippen LogP contribution in [0.5, 0.6) is 0 Å². The second-order valence-corrected chi connectivity index (χ2v) is 4.04. The average Bonchev–Trinajstić information content (AvgIpc) is 2.03. The van der Waals surface area contributed by atoms with Gasteiger partial charge in [-0.2, -0.15) is 0 Å². The van der Waals surface area contributed by atoms with E-state index in [0.717, 1.165) is 0 Å². The Morgan fingerprint density at radius 2 is 1.18 bits per heavy atom. The van der Waals surface area contributed by atoms with Crippen molar-refractivity contribution < 1.29 is 0 Å². The van der Waals surface area contributed by atoms with Crippen molar-refractivity contribution in [3.63, 3.8) is 0 Å². The standard InChI is InChI=1S/C10H21Se/c1-2-3-4-5-6-7-8-9-10-11/h2-10H2,1H3. The molecule has 0 N–H and O–H groups in total. The summed E-state index contributed by atoms with van der Waals surface area (Å²) in [5.41, 5.74) is 0. The van der Waals surface area contributed by atoms with Gasteiger partial charge in [-0.1, -0.05) is 0 Å². The molecule has 0 atom stereocenters. The fraction of sp³-hybridized carbons (Fsp3) is 1.00. The monoisotopic (exact) mass is 221 g/mol. The second-order valence-electron chi connectivity index (χ2n) is 3.18. The van der Waals surface area contributed by atoms with Crippen molar-refractivity contribution in [2.75, 3.05) is 0 Å². The van der Waals surface area contributed by atoms with E-state index in [1.807, 2.05) is 0 Å². The second kappa shape index (κ2) is 10.5. The summed E-state index contributed by atoms with van der Waals surface area (Å²) in [6, 6.07) is 0. The van der Waals surface area contributed by atoms with Crippen LogP contribution in [0.25, 0.3) is 0 Å². The molecule has 0 fully saturated rings. The molecule has 0 saturated carbocycles. The Morgan fingerprint density at radius 3 is 1.64 bits per heavy atom. The average molecular weight is 220 g/mol. The van der Waals surface area contributed by atoms with E-state index in [4.69, 9.17) is 0 Å². The predicted octanol–water partition coefficient (Wildman–Crippen LogP) is 3.71. The van der Waals surface area contributed by atoms with Crippen molar-refractivity contribution >= 4 is 16.0 Å². The number of hydrogen-bond donors (Lipinski definition) is 0. The van der Waals surface area contributed by atoms with E-state index in [2.05, 4.69) is 22.9 Å². The minimum absolute atomic E-state index is 1.25. The van der Waals surface area contributed by atoms with Crippen LogP contribution in [-0.2, 0) is 0 Å². The van der Waals surface area contributed by atoms with Gasteiger partial charge in [0.15, 0.2) is 0 Å². The molecule has 0 amide bonds. The third-order valence-corrected chi connectivity index (χ3v) is 2.60. The Hall–Kier alpha value is 0.519. The van der Waals surface area contributed by atoms with Crippen molar-refractivity contribution in [2.45, 2.75) is 63.6 Å². The third-order valence-electron chi connectivity index (χ3n) is 2.00. The molecule has 0 unspecified atom stereocenters. The van der Waals surface area contributed by atoms with Gasteiger partial charge < -0.3 is 0 Å². The topological polar surface area (TPSA) is 0 Å². The summed E-state index contributed by atoms with van der Waals surface area (Å²) in [4.78, 5) is 0. The van der Waals surface area contributed by atoms with E-state index < -0.39 is 0 Å². The van der Waals surface area contributed by atoms with E-state index >= 15 is 0 Å². The van der Waals surface area contributed by atoms with Crippen LogP contribution in [0.1, 0.15) is 58.3 Å². The molecule has 11 heavy (non-hydrogen) atoms. The van der Waals surface area contributed by atoms with Crippen LogP contribution >= 0.6 is 0 Å². The van der Waals surface area contributed by atoms with E-state index in [0.29, 0.717) is 0 Å². The molecule has 0 heterocycles. The van der Waals surface area contributed by atoms with Crippen molar-refractivity contribution in [3.05, 3.63) is 0 Å². The first-order valence-electron chi connectivity index (χ1n) is 5.00. The number of unbranched alkanes of at least 4 members (excludes halogenated alkanes) is 7. The predicted molar refractivity (Wildman–Crippen MR) is 53.2 cm³/mol. The van der Waals surface area contributed by atoms with Gasteiger partial charge in [-0.3, -0.25) is 0 Å². The maximum absolute atomic E-state index is 3.05. The number of hydrogen-bond acceptors (Lipinski definition) is 0. The summed E-state index contributed by atoms with van der Waals surface area (Å²) in [7, 11) is 0. The molecule has 0 aromatic heterocycles. The van der Waals surface area contributed by atoms with Gasteiger partial charge in [0.2, 0.25) is 0 Å². The molecule has 0 aliphatic carbocycles. The summed E-state index contributed by atoms with van der Waals surface area (Å²) >= 11 is 3.05. The summed E-state index contributed by atoms with van der Waals surface area (Å²) in [6.45, 7) is 2.27. The van der Waals surface area contributed by atoms with Crippen LogP contribution in [0.4, 0.5) is 0 Å². The maximum atomic E-state index is 3.05. The fourth-order valence-electron chi connectivity index (χ4n) is 1.24. The summed E-state index contributed by atoms with van der Waals surface area (Å²) in [5.74, 6) is 0. The molecule has 1 heteroatoms. The van der Waals surface area contributed by atoms with Gasteiger partial charge in [0.1, 0.15) is 0 Å². The first kappa shape index (κ1) is 11.5. The first-order chi connectivity index (χ1) is 5.41. The van der Waals surface area contributed by atoms with Crippen LogP contribution in [0.15, 0.2) is 0 Å². The fourth-order valence-corrected chi connectivity index (χ4v) is 1.66. The van der Waals surface area contributed by atoms with Crippen LogP contribution < -0.4 is 0 Å². The molecule has 0 aromatic rings.